The summed E-state index contributed by atoms with van der Waals surface area (Å²) in [5.41, 5.74) is 0.663. The molecule has 1 unspecified atom stereocenters. The van der Waals surface area contributed by atoms with Crippen LogP contribution in [0.1, 0.15) is 5.56 Å². The van der Waals surface area contributed by atoms with Gasteiger partial charge in [-0.05, 0) is 24.6 Å². The Labute approximate surface area is 122 Å². The number of methoxy groups -OCH3 is 1. The molecule has 0 aliphatic rings. The summed E-state index contributed by atoms with van der Waals surface area (Å²) in [6.45, 7) is 1.82. The number of hydrogen-bond acceptors (Lipinski definition) is 4. The van der Waals surface area contributed by atoms with Crippen molar-refractivity contribution in [3.63, 3.8) is 0 Å². The molecule has 1 aromatic carbocycles. The first-order valence-electron chi connectivity index (χ1n) is 5.68. The van der Waals surface area contributed by atoms with Crippen LogP contribution in [0, 0.1) is 6.92 Å². The van der Waals surface area contributed by atoms with Gasteiger partial charge in [0.1, 0.15) is 0 Å². The Balaban J connectivity index is 3.00. The summed E-state index contributed by atoms with van der Waals surface area (Å²) >= 11 is 3.26. The van der Waals surface area contributed by atoms with Crippen molar-refractivity contribution in [3.05, 3.63) is 28.2 Å². The first-order chi connectivity index (χ1) is 8.78. The molecule has 108 valence electrons. The number of rotatable bonds is 6. The van der Waals surface area contributed by atoms with Crippen LogP contribution in [0.15, 0.2) is 27.6 Å². The molecule has 19 heavy (non-hydrogen) atoms. The number of aliphatic hydroxyl groups excluding tert-OH is 1. The second-order valence-corrected chi connectivity index (χ2v) is 7.23. The summed E-state index contributed by atoms with van der Waals surface area (Å²) in [4.78, 5) is 0.231. The highest BCUT2D eigenvalue weighted by Gasteiger charge is 2.24. The fourth-order valence-electron chi connectivity index (χ4n) is 1.66. The van der Waals surface area contributed by atoms with E-state index >= 15 is 0 Å². The van der Waals surface area contributed by atoms with Crippen LogP contribution in [0.25, 0.3) is 0 Å². The number of benzene rings is 1. The predicted molar refractivity (Wildman–Crippen MR) is 76.6 cm³/mol. The lowest BCUT2D eigenvalue weighted by Gasteiger charge is -2.21. The van der Waals surface area contributed by atoms with E-state index in [4.69, 9.17) is 4.74 Å². The molecule has 0 aromatic heterocycles. The summed E-state index contributed by atoms with van der Waals surface area (Å²) in [5, 5.41) is 9.61. The predicted octanol–water partition coefficient (Wildman–Crippen LogP) is 1.39. The minimum absolute atomic E-state index is 0.0118. The molecular weight excluding hydrogens is 334 g/mol. The molecule has 7 heteroatoms. The van der Waals surface area contributed by atoms with E-state index in [0.29, 0.717) is 10.0 Å². The van der Waals surface area contributed by atoms with Gasteiger partial charge >= 0.3 is 0 Å². The van der Waals surface area contributed by atoms with E-state index in [1.807, 2.05) is 0 Å². The fraction of sp³-hybridized carbons (Fsp3) is 0.500. The van der Waals surface area contributed by atoms with Gasteiger partial charge in [0.25, 0.3) is 0 Å². The molecule has 0 aliphatic heterocycles. The molecule has 0 heterocycles. The Bertz CT molecular complexity index is 533. The van der Waals surface area contributed by atoms with E-state index in [2.05, 4.69) is 15.9 Å². The van der Waals surface area contributed by atoms with Crippen molar-refractivity contribution in [2.45, 2.75) is 17.9 Å². The zero-order valence-corrected chi connectivity index (χ0v) is 13.5. The average molecular weight is 352 g/mol. The molecule has 5 nitrogen and oxygen atoms in total. The van der Waals surface area contributed by atoms with Gasteiger partial charge in [0.15, 0.2) is 0 Å². The second kappa shape index (κ2) is 6.81. The summed E-state index contributed by atoms with van der Waals surface area (Å²) in [6.07, 6.45) is -0.850. The van der Waals surface area contributed by atoms with Crippen molar-refractivity contribution in [1.82, 2.24) is 4.31 Å². The van der Waals surface area contributed by atoms with Crippen molar-refractivity contribution in [1.29, 1.82) is 0 Å². The van der Waals surface area contributed by atoms with Gasteiger partial charge < -0.3 is 9.84 Å². The number of aryl methyl sites for hydroxylation is 1. The maximum absolute atomic E-state index is 12.4. The monoisotopic (exact) mass is 351 g/mol. The molecule has 1 N–H and O–H groups in total. The van der Waals surface area contributed by atoms with E-state index in [1.165, 1.54) is 14.2 Å². The normalized spacial score (nSPS) is 13.8. The van der Waals surface area contributed by atoms with Gasteiger partial charge in [0, 0.05) is 25.2 Å². The molecular formula is C12H18BrNO4S. The van der Waals surface area contributed by atoms with Gasteiger partial charge in [0.2, 0.25) is 10.0 Å². The van der Waals surface area contributed by atoms with Crippen LogP contribution in [0.3, 0.4) is 0 Å². The largest absolute Gasteiger partial charge is 0.389 e. The Kier molecular flexibility index (Phi) is 5.94. The molecule has 0 radical (unpaired) electrons. The molecule has 1 atom stereocenters. The zero-order valence-electron chi connectivity index (χ0n) is 11.1. The highest BCUT2D eigenvalue weighted by atomic mass is 79.9. The summed E-state index contributed by atoms with van der Waals surface area (Å²) < 4.78 is 31.4. The number of likely N-dealkylation sites (N-methyl/N-ethyl adjacent to an activating group) is 1. The van der Waals surface area contributed by atoms with Crippen LogP contribution < -0.4 is 0 Å². The van der Waals surface area contributed by atoms with Gasteiger partial charge in [-0.25, -0.2) is 8.42 Å². The van der Waals surface area contributed by atoms with Crippen LogP contribution >= 0.6 is 15.9 Å². The lowest BCUT2D eigenvalue weighted by Crippen LogP contribution is -2.36. The molecule has 1 aromatic rings. The number of sulfonamides is 1. The lowest BCUT2D eigenvalue weighted by molar-refractivity contribution is 0.0554. The van der Waals surface area contributed by atoms with Crippen LogP contribution in [0.2, 0.25) is 0 Å². The molecule has 0 bridgehead atoms. The van der Waals surface area contributed by atoms with Crippen LogP contribution in [-0.4, -0.2) is 51.2 Å². The second-order valence-electron chi connectivity index (χ2n) is 4.30. The number of ether oxygens (including phenoxy) is 1. The molecule has 1 rings (SSSR count). The number of aliphatic hydroxyl groups is 1. The van der Waals surface area contributed by atoms with E-state index < -0.39 is 16.1 Å². The van der Waals surface area contributed by atoms with Crippen LogP contribution in [0.5, 0.6) is 0 Å². The van der Waals surface area contributed by atoms with Crippen LogP contribution in [-0.2, 0) is 14.8 Å². The van der Waals surface area contributed by atoms with Crippen molar-refractivity contribution in [2.24, 2.45) is 0 Å². The molecule has 0 amide bonds. The Morgan fingerprint density at radius 3 is 2.68 bits per heavy atom. The number of hydrogen-bond donors (Lipinski definition) is 1. The minimum Gasteiger partial charge on any atom is -0.389 e. The van der Waals surface area contributed by atoms with E-state index in [0.717, 1.165) is 4.31 Å². The fourth-order valence-corrected chi connectivity index (χ4v) is 3.63. The average Bonchev–Trinajstić information content (AvgIpc) is 2.32. The van der Waals surface area contributed by atoms with Crippen molar-refractivity contribution in [2.75, 3.05) is 27.3 Å². The van der Waals surface area contributed by atoms with Gasteiger partial charge in [0.05, 0.1) is 17.6 Å². The van der Waals surface area contributed by atoms with E-state index in [1.54, 1.807) is 25.1 Å². The third-order valence-electron chi connectivity index (χ3n) is 2.67. The minimum atomic E-state index is -3.62. The number of halogens is 1. The smallest absolute Gasteiger partial charge is 0.243 e. The first kappa shape index (κ1) is 16.6. The highest BCUT2D eigenvalue weighted by Crippen LogP contribution is 2.23. The van der Waals surface area contributed by atoms with Gasteiger partial charge in [-0.15, -0.1) is 0 Å². The van der Waals surface area contributed by atoms with Crippen molar-refractivity contribution < 1.29 is 18.3 Å². The molecule has 0 saturated heterocycles. The highest BCUT2D eigenvalue weighted by molar-refractivity contribution is 9.10. The summed E-state index contributed by atoms with van der Waals surface area (Å²) in [5.74, 6) is 0. The Hall–Kier alpha value is -0.470. The maximum atomic E-state index is 12.4. The van der Waals surface area contributed by atoms with E-state index in [-0.39, 0.29) is 18.0 Å². The molecule has 0 spiro atoms. The lowest BCUT2D eigenvalue weighted by atomic mass is 10.2. The standard InChI is InChI=1S/C12H18BrNO4S/c1-9-4-5-10(13)6-12(9)19(16,17)14(2)7-11(15)8-18-3/h4-6,11,15H,7-8H2,1-3H3. The molecule has 0 fully saturated rings. The van der Waals surface area contributed by atoms with Gasteiger partial charge in [-0.2, -0.15) is 4.31 Å². The topological polar surface area (TPSA) is 66.8 Å². The summed E-state index contributed by atoms with van der Waals surface area (Å²) in [6, 6.07) is 5.08. The summed E-state index contributed by atoms with van der Waals surface area (Å²) in [7, 11) is -0.724. The van der Waals surface area contributed by atoms with Crippen molar-refractivity contribution >= 4 is 26.0 Å². The SMILES string of the molecule is COCC(O)CN(C)S(=O)(=O)c1cc(Br)ccc1C. The van der Waals surface area contributed by atoms with Crippen LogP contribution in [0.4, 0.5) is 0 Å². The van der Waals surface area contributed by atoms with Crippen molar-refractivity contribution in [3.8, 4) is 0 Å². The Morgan fingerprint density at radius 2 is 2.11 bits per heavy atom. The quantitative estimate of drug-likeness (QED) is 0.840. The first-order valence-corrected chi connectivity index (χ1v) is 7.92. The van der Waals surface area contributed by atoms with Gasteiger partial charge in [-0.1, -0.05) is 22.0 Å². The molecule has 0 aliphatic carbocycles. The van der Waals surface area contributed by atoms with Gasteiger partial charge in [-0.3, -0.25) is 0 Å². The molecule has 0 saturated carbocycles. The maximum Gasteiger partial charge on any atom is 0.243 e. The zero-order chi connectivity index (χ0) is 14.6. The third kappa shape index (κ3) is 4.25. The van der Waals surface area contributed by atoms with E-state index in [9.17, 15) is 13.5 Å². The number of nitrogens with zero attached hydrogens (tertiary/aromatic N) is 1. The Morgan fingerprint density at radius 1 is 1.47 bits per heavy atom. The third-order valence-corrected chi connectivity index (χ3v) is 5.12.